The van der Waals surface area contributed by atoms with Crippen LogP contribution in [-0.2, 0) is 0 Å². The zero-order chi connectivity index (χ0) is 17.0. The summed E-state index contributed by atoms with van der Waals surface area (Å²) in [6, 6.07) is 9.08. The van der Waals surface area contributed by atoms with Gasteiger partial charge in [-0.15, -0.1) is 0 Å². The zero-order valence-electron chi connectivity index (χ0n) is 12.0. The molecule has 23 heavy (non-hydrogen) atoms. The first kappa shape index (κ1) is 18.2. The highest BCUT2D eigenvalue weighted by Gasteiger charge is 2.32. The van der Waals surface area contributed by atoms with Crippen molar-refractivity contribution >= 4 is 38.1 Å². The maximum absolute atomic E-state index is 13.3. The number of hydrogen-bond donors (Lipinski definition) is 1. The molecule has 0 heterocycles. The zero-order valence-corrected chi connectivity index (χ0v) is 15.1. The number of carbonyl (C=O) groups excluding carboxylic acids is 1. The fourth-order valence-electron chi connectivity index (χ4n) is 2.00. The Morgan fingerprint density at radius 3 is 2.09 bits per heavy atom. The van der Waals surface area contributed by atoms with Crippen molar-refractivity contribution in [1.29, 1.82) is 0 Å². The summed E-state index contributed by atoms with van der Waals surface area (Å²) in [5.41, 5.74) is 0.508. The third-order valence-corrected chi connectivity index (χ3v) is 4.43. The van der Waals surface area contributed by atoms with Crippen LogP contribution in [0.3, 0.4) is 0 Å². The van der Waals surface area contributed by atoms with E-state index in [0.717, 1.165) is 12.8 Å². The Morgan fingerprint density at radius 1 is 1.04 bits per heavy atom. The lowest BCUT2D eigenvalue weighted by Gasteiger charge is -2.10. The van der Waals surface area contributed by atoms with E-state index in [9.17, 15) is 18.7 Å². The van der Waals surface area contributed by atoms with Gasteiger partial charge in [-0.05, 0) is 49.1 Å². The second kappa shape index (κ2) is 8.13. The molecule has 2 aromatic rings. The fraction of sp³-hybridized carbons (Fsp3) is 0.235. The number of carbonyl (C=O) groups is 1. The summed E-state index contributed by atoms with van der Waals surface area (Å²) < 4.78 is 27.2. The molecule has 1 N–H and O–H groups in total. The van der Waals surface area contributed by atoms with E-state index in [1.165, 1.54) is 18.2 Å². The van der Waals surface area contributed by atoms with Crippen LogP contribution in [0.25, 0.3) is 0 Å². The summed E-state index contributed by atoms with van der Waals surface area (Å²) in [4.78, 5) is 10.1. The van der Waals surface area contributed by atoms with E-state index in [1.54, 1.807) is 18.2 Å². The van der Waals surface area contributed by atoms with Gasteiger partial charge < -0.3 is 5.11 Å². The van der Waals surface area contributed by atoms with E-state index in [0.29, 0.717) is 20.8 Å². The number of rotatable bonds is 3. The van der Waals surface area contributed by atoms with E-state index < -0.39 is 11.9 Å². The number of aldehydes is 1. The molecule has 1 unspecified atom stereocenters. The van der Waals surface area contributed by atoms with E-state index >= 15 is 0 Å². The highest BCUT2D eigenvalue weighted by Crippen LogP contribution is 2.41. The third-order valence-electron chi connectivity index (χ3n) is 3.44. The molecule has 6 heteroatoms. The molecule has 0 spiro atoms. The molecule has 0 aliphatic heterocycles. The Balaban J connectivity index is 0.000000174. The second-order valence-electron chi connectivity index (χ2n) is 5.23. The first-order chi connectivity index (χ1) is 10.9. The summed E-state index contributed by atoms with van der Waals surface area (Å²) in [5, 5.41) is 9.68. The maximum Gasteiger partial charge on any atom is 0.152 e. The molecular formula is C17H14Br2F2O2. The number of hydrogen-bond acceptors (Lipinski definition) is 2. The molecule has 122 valence electrons. The average molecular weight is 448 g/mol. The topological polar surface area (TPSA) is 37.3 Å². The molecule has 2 nitrogen and oxygen atoms in total. The van der Waals surface area contributed by atoms with Crippen molar-refractivity contribution in [2.24, 2.45) is 5.92 Å². The van der Waals surface area contributed by atoms with Gasteiger partial charge in [0.2, 0.25) is 0 Å². The summed E-state index contributed by atoms with van der Waals surface area (Å²) >= 11 is 6.25. The lowest BCUT2D eigenvalue weighted by atomic mass is 10.1. The lowest BCUT2D eigenvalue weighted by molar-refractivity contribution is 0.111. The van der Waals surface area contributed by atoms with Gasteiger partial charge in [0, 0.05) is 14.5 Å². The SMILES string of the molecule is O=Cc1ccc(Br)cc1F.OC(c1ccc(Br)cc1F)C1CC1. The van der Waals surface area contributed by atoms with E-state index in [1.807, 2.05) is 0 Å². The smallest absolute Gasteiger partial charge is 0.152 e. The number of halogens is 4. The first-order valence-corrected chi connectivity index (χ1v) is 8.54. The van der Waals surface area contributed by atoms with Crippen molar-refractivity contribution in [2.75, 3.05) is 0 Å². The van der Waals surface area contributed by atoms with Gasteiger partial charge in [-0.3, -0.25) is 4.79 Å². The van der Waals surface area contributed by atoms with E-state index in [2.05, 4.69) is 31.9 Å². The van der Waals surface area contributed by atoms with Crippen LogP contribution in [0, 0.1) is 17.6 Å². The van der Waals surface area contributed by atoms with Gasteiger partial charge >= 0.3 is 0 Å². The number of aliphatic hydroxyl groups is 1. The standard InChI is InChI=1S/C10H10BrFO.C7H4BrFO/c11-7-3-4-8(9(12)5-7)10(13)6-1-2-6;8-6-2-1-5(4-10)7(9)3-6/h3-6,10,13H,1-2H2;1-4H. The van der Waals surface area contributed by atoms with Crippen molar-refractivity contribution in [1.82, 2.24) is 0 Å². The van der Waals surface area contributed by atoms with Gasteiger partial charge in [0.15, 0.2) is 6.29 Å². The number of aliphatic hydroxyl groups excluding tert-OH is 1. The number of benzene rings is 2. The van der Waals surface area contributed by atoms with Crippen molar-refractivity contribution in [2.45, 2.75) is 18.9 Å². The summed E-state index contributed by atoms with van der Waals surface area (Å²) in [6.07, 6.45) is 1.89. The van der Waals surface area contributed by atoms with Gasteiger partial charge in [0.05, 0.1) is 11.7 Å². The molecular weight excluding hydrogens is 434 g/mol. The van der Waals surface area contributed by atoms with Gasteiger partial charge in [-0.1, -0.05) is 37.9 Å². The van der Waals surface area contributed by atoms with Crippen LogP contribution < -0.4 is 0 Å². The van der Waals surface area contributed by atoms with Crippen LogP contribution in [-0.4, -0.2) is 11.4 Å². The summed E-state index contributed by atoms with van der Waals surface area (Å²) in [7, 11) is 0. The lowest BCUT2D eigenvalue weighted by Crippen LogP contribution is -2.02. The van der Waals surface area contributed by atoms with Crippen LogP contribution in [0.15, 0.2) is 45.3 Å². The Hall–Kier alpha value is -1.11. The van der Waals surface area contributed by atoms with Crippen molar-refractivity contribution in [3.63, 3.8) is 0 Å². The molecule has 2 aromatic carbocycles. The van der Waals surface area contributed by atoms with Gasteiger partial charge in [0.25, 0.3) is 0 Å². The molecule has 1 atom stereocenters. The van der Waals surface area contributed by atoms with Crippen LogP contribution in [0.1, 0.15) is 34.9 Å². The minimum atomic E-state index is -0.618. The van der Waals surface area contributed by atoms with Crippen molar-refractivity contribution < 1.29 is 18.7 Å². The summed E-state index contributed by atoms with van der Waals surface area (Å²) in [6.45, 7) is 0. The molecule has 0 radical (unpaired) electrons. The predicted octanol–water partition coefficient (Wildman–Crippen LogP) is 5.43. The Kier molecular flexibility index (Phi) is 6.44. The molecule has 0 aromatic heterocycles. The maximum atomic E-state index is 13.3. The second-order valence-corrected chi connectivity index (χ2v) is 7.06. The molecule has 1 aliphatic carbocycles. The third kappa shape index (κ3) is 5.19. The Labute approximate surface area is 149 Å². The summed E-state index contributed by atoms with van der Waals surface area (Å²) in [5.74, 6) is -0.547. The monoisotopic (exact) mass is 446 g/mol. The highest BCUT2D eigenvalue weighted by atomic mass is 79.9. The van der Waals surface area contributed by atoms with Gasteiger partial charge in [0.1, 0.15) is 11.6 Å². The minimum Gasteiger partial charge on any atom is -0.388 e. The van der Waals surface area contributed by atoms with Gasteiger partial charge in [-0.25, -0.2) is 8.78 Å². The quantitative estimate of drug-likeness (QED) is 0.636. The average Bonchev–Trinajstić information content (AvgIpc) is 3.32. The fourth-order valence-corrected chi connectivity index (χ4v) is 2.67. The minimum absolute atomic E-state index is 0.0863. The Bertz CT molecular complexity index is 703. The van der Waals surface area contributed by atoms with E-state index in [-0.39, 0.29) is 17.3 Å². The molecule has 1 fully saturated rings. The van der Waals surface area contributed by atoms with Crippen LogP contribution in [0.2, 0.25) is 0 Å². The Morgan fingerprint density at radius 2 is 1.61 bits per heavy atom. The van der Waals surface area contributed by atoms with Crippen LogP contribution in [0.4, 0.5) is 8.78 Å². The van der Waals surface area contributed by atoms with Crippen molar-refractivity contribution in [3.05, 3.63) is 68.1 Å². The highest BCUT2D eigenvalue weighted by molar-refractivity contribution is 9.10. The molecule has 1 saturated carbocycles. The predicted molar refractivity (Wildman–Crippen MR) is 91.3 cm³/mol. The first-order valence-electron chi connectivity index (χ1n) is 6.95. The molecule has 0 bridgehead atoms. The molecule has 1 aliphatic rings. The van der Waals surface area contributed by atoms with Gasteiger partial charge in [-0.2, -0.15) is 0 Å². The molecule has 0 amide bonds. The normalized spacial score (nSPS) is 14.7. The molecule has 3 rings (SSSR count). The largest absolute Gasteiger partial charge is 0.388 e. The van der Waals surface area contributed by atoms with Crippen molar-refractivity contribution in [3.8, 4) is 0 Å². The van der Waals surface area contributed by atoms with E-state index in [4.69, 9.17) is 0 Å². The molecule has 0 saturated heterocycles. The van der Waals surface area contributed by atoms with Crippen LogP contribution >= 0.6 is 31.9 Å². The van der Waals surface area contributed by atoms with Crippen LogP contribution in [0.5, 0.6) is 0 Å².